The molecule has 10 aromatic rings. The van der Waals surface area contributed by atoms with Gasteiger partial charge in [-0.1, -0.05) is 54.6 Å². The van der Waals surface area contributed by atoms with Crippen molar-refractivity contribution in [3.63, 3.8) is 0 Å². The number of rotatable bonds is 10. The summed E-state index contributed by atoms with van der Waals surface area (Å²) < 4.78 is 40.8. The zero-order chi connectivity index (χ0) is 76.2. The van der Waals surface area contributed by atoms with E-state index in [1.54, 1.807) is 54.6 Å². The van der Waals surface area contributed by atoms with Gasteiger partial charge in [-0.25, -0.2) is 19.2 Å². The number of piperazine rings is 1. The molecule has 2 amide bonds. The fraction of sp³-hybridized carbons (Fsp3) is 0.296. The number of nitrogens with two attached hydrogens (primary N) is 1. The third-order valence-electron chi connectivity index (χ3n) is 17.5. The molecule has 0 atom stereocenters. The second-order valence-corrected chi connectivity index (χ2v) is 25.6. The van der Waals surface area contributed by atoms with Crippen LogP contribution >= 0.6 is 0 Å². The van der Waals surface area contributed by atoms with Crippen molar-refractivity contribution in [1.29, 1.82) is 0 Å². The van der Waals surface area contributed by atoms with Crippen molar-refractivity contribution in [2.45, 2.75) is 83.8 Å². The number of anilines is 7. The minimum Gasteiger partial charge on any atom is -0.507 e. The van der Waals surface area contributed by atoms with Crippen molar-refractivity contribution in [3.05, 3.63) is 236 Å². The lowest BCUT2D eigenvalue weighted by molar-refractivity contribution is -0.231. The number of phenolic OH excluding ortho intramolecular Hbond substituents is 1. The number of alkyl halides is 1. The fourth-order valence-corrected chi connectivity index (χ4v) is 12.2. The number of piperidine rings is 3. The van der Waals surface area contributed by atoms with Gasteiger partial charge < -0.3 is 74.2 Å². The van der Waals surface area contributed by atoms with Crippen LogP contribution in [0.4, 0.5) is 44.2 Å². The molecular weight excluding hydrogens is 1360 g/mol. The van der Waals surface area contributed by atoms with Gasteiger partial charge in [0.25, 0.3) is 17.6 Å². The minimum atomic E-state index is -1.26. The van der Waals surface area contributed by atoms with Crippen LogP contribution in [0.3, 0.4) is 0 Å². The van der Waals surface area contributed by atoms with E-state index in [4.69, 9.17) is 25.5 Å². The average Bonchev–Trinajstić information content (AvgIpc) is 1.28. The number of carboxylic acid groups (broad SMARTS) is 1. The number of fused-ring (bicyclic) bond motifs is 3. The summed E-state index contributed by atoms with van der Waals surface area (Å²) in [4.78, 5) is 113. The number of carbonyl (C=O) groups is 6. The van der Waals surface area contributed by atoms with E-state index in [-0.39, 0.29) is 28.9 Å². The van der Waals surface area contributed by atoms with Crippen LogP contribution in [0.15, 0.2) is 210 Å². The monoisotopic (exact) mass is 1450 g/mol. The summed E-state index contributed by atoms with van der Waals surface area (Å²) in [6.07, 6.45) is 11.3. The third-order valence-corrected chi connectivity index (χ3v) is 17.5. The lowest BCUT2D eigenvalue weighted by Gasteiger charge is -2.29. The molecule has 3 aromatic heterocycles. The normalized spacial score (nSPS) is 15.3. The SMILES string of the molecule is CC1(C)OC(=O)CC(=O)O1.Nc1ccccc1.O=C(Nc1ccccc1)c1cc2ccc(N3CCCCC3)cc2oc1=O.O=C(Nc1ccccc1)c1cc2ccc(N3CCNCC3)cc2oc1=O.O=C(O)c1cc2ccc(N3CCCCC3)cc2oc1=O.O=Cc1ccc(N2CCCCC2)cc1O.[2H]CF. The van der Waals surface area contributed by atoms with Crippen LogP contribution in [0.2, 0.25) is 0 Å². The van der Waals surface area contributed by atoms with Gasteiger partial charge in [0.05, 0.1) is 14.1 Å². The predicted molar refractivity (Wildman–Crippen MR) is 409 cm³/mol. The average molecular weight is 1450 g/mol. The van der Waals surface area contributed by atoms with Gasteiger partial charge in [0.2, 0.25) is 0 Å². The molecule has 0 bridgehead atoms. The zero-order valence-corrected chi connectivity index (χ0v) is 59.1. The third kappa shape index (κ3) is 22.4. The summed E-state index contributed by atoms with van der Waals surface area (Å²) >= 11 is 0. The van der Waals surface area contributed by atoms with Crippen LogP contribution in [0.25, 0.3) is 32.9 Å². The zero-order valence-electron chi connectivity index (χ0n) is 60.1. The maximum absolute atomic E-state index is 12.4. The first-order valence-electron chi connectivity index (χ1n) is 35.7. The number of hydrogen-bond acceptors (Lipinski definition) is 21. The van der Waals surface area contributed by atoms with E-state index in [1.165, 1.54) is 77.7 Å². The van der Waals surface area contributed by atoms with Crippen LogP contribution in [0, 0.1) is 0 Å². The molecule has 8 heterocycles. The molecule has 15 rings (SSSR count). The molecule has 0 radical (unpaired) electrons. The second-order valence-electron chi connectivity index (χ2n) is 25.6. The molecule has 5 aliphatic heterocycles. The Balaban J connectivity index is 0.000000154. The summed E-state index contributed by atoms with van der Waals surface area (Å²) in [6.45, 7) is 12.8. The van der Waals surface area contributed by atoms with E-state index in [9.17, 15) is 52.6 Å². The van der Waals surface area contributed by atoms with Crippen molar-refractivity contribution >= 4 is 109 Å². The number of nitrogen functional groups attached to an aromatic ring is 1. The van der Waals surface area contributed by atoms with E-state index in [2.05, 4.69) is 45.0 Å². The highest BCUT2D eigenvalue weighted by molar-refractivity contribution is 6.06. The lowest BCUT2D eigenvalue weighted by Crippen LogP contribution is -2.43. The van der Waals surface area contributed by atoms with Crippen LogP contribution in [0.1, 0.15) is 121 Å². The molecule has 7 N–H and O–H groups in total. The Morgan fingerprint density at radius 1 is 0.491 bits per heavy atom. The number of aldehydes is 1. The van der Waals surface area contributed by atoms with Gasteiger partial charge in [-0.15, -0.1) is 0 Å². The molecule has 0 aliphatic carbocycles. The topological polar surface area (TPSA) is 327 Å². The first-order chi connectivity index (χ1) is 51.7. The van der Waals surface area contributed by atoms with E-state index in [0.717, 1.165) is 105 Å². The van der Waals surface area contributed by atoms with Gasteiger partial charge in [0.15, 0.2) is 6.29 Å². The minimum absolute atomic E-state index is 0.00345. The Morgan fingerprint density at radius 2 is 0.830 bits per heavy atom. The van der Waals surface area contributed by atoms with Gasteiger partial charge in [-0.05, 0) is 161 Å². The Bertz CT molecular complexity index is 4660. The van der Waals surface area contributed by atoms with E-state index in [1.807, 2.05) is 121 Å². The number of nitrogens with one attached hydrogen (secondary N) is 3. The number of cyclic esters (lactones) is 2. The number of amides is 2. The smallest absolute Gasteiger partial charge is 0.351 e. The Morgan fingerprint density at radius 3 is 1.17 bits per heavy atom. The molecule has 5 aliphatic rings. The Hall–Kier alpha value is -12.1. The molecule has 5 fully saturated rings. The Kier molecular flexibility index (Phi) is 27.7. The van der Waals surface area contributed by atoms with Gasteiger partial charge >= 0.3 is 34.8 Å². The number of aromatic carboxylic acids is 1. The number of para-hydroxylation sites is 3. The lowest BCUT2D eigenvalue weighted by atomic mass is 10.1. The largest absolute Gasteiger partial charge is 0.507 e. The van der Waals surface area contributed by atoms with Crippen molar-refractivity contribution in [1.82, 2.24) is 5.32 Å². The number of ether oxygens (including phenoxy) is 2. The highest BCUT2D eigenvalue weighted by Gasteiger charge is 2.34. The van der Waals surface area contributed by atoms with Crippen LogP contribution in [-0.2, 0) is 19.1 Å². The molecule has 0 spiro atoms. The van der Waals surface area contributed by atoms with Crippen molar-refractivity contribution in [3.8, 4) is 5.75 Å². The summed E-state index contributed by atoms with van der Waals surface area (Å²) in [5.74, 6) is -4.26. The molecule has 0 saturated carbocycles. The molecular formula is C81H87FN8O16. The van der Waals surface area contributed by atoms with Gasteiger partial charge in [-0.3, -0.25) is 28.4 Å². The van der Waals surface area contributed by atoms with Crippen molar-refractivity contribution in [2.24, 2.45) is 0 Å². The van der Waals surface area contributed by atoms with Gasteiger partial charge in [0.1, 0.15) is 45.6 Å². The van der Waals surface area contributed by atoms with Gasteiger partial charge in [-0.2, -0.15) is 0 Å². The standard InChI is InChI=1S/C21H20N2O3.C20H19N3O3.C15H15NO4.C12H15NO2.C6H7N.C6H8O4.CH3F/c24-20(22-16-7-3-1-4-8-16)18-13-15-9-10-17(14-19(15)26-21(18)25)23-11-5-2-6-12-23;24-19(22-15-4-2-1-3-5-15)17-12-14-6-7-16(13-18(14)26-20(17)25)23-10-8-21-9-11-23;17-14(18)12-8-10-4-5-11(9-13(10)20-15(12)19)16-6-2-1-3-7-16;14-9-10-4-5-11(8-12(10)15)13-6-2-1-3-7-13;7-6-4-2-1-3-5-6;1-6(2)9-4(7)3-5(8)10-6;1-2/h1,3-4,7-10,13-14H,2,5-6,11-12H2,(H,22,24);1-7,12-13,21H,8-11H2,(H,22,24);4-5,8-9H,1-3,6-7H2,(H,17,18);4-5,8-9,15H,1-3,6-7H2;1-5H,7H2;3H2,1-2H3;1H3/i;;;;;;1D. The first kappa shape index (κ1) is 76.5. The fourth-order valence-electron chi connectivity index (χ4n) is 12.2. The first-order valence-corrected chi connectivity index (χ1v) is 35.0. The molecule has 5 saturated heterocycles. The maximum Gasteiger partial charge on any atom is 0.351 e. The highest BCUT2D eigenvalue weighted by atomic mass is 19.1. The quantitative estimate of drug-likeness (QED) is 0.0243. The predicted octanol–water partition coefficient (Wildman–Crippen LogP) is 13.2. The molecule has 554 valence electrons. The number of halogens is 1. The number of benzene rings is 7. The molecule has 0 unspecified atom stereocenters. The number of hydrogen-bond donors (Lipinski definition) is 6. The molecule has 7 aromatic carbocycles. The number of esters is 2. The Labute approximate surface area is 612 Å². The number of aromatic hydroxyl groups is 1. The van der Waals surface area contributed by atoms with E-state index < -0.39 is 59.5 Å². The van der Waals surface area contributed by atoms with Gasteiger partial charge in [0, 0.05) is 160 Å². The molecule has 24 nitrogen and oxygen atoms in total. The summed E-state index contributed by atoms with van der Waals surface area (Å²) in [5.41, 5.74) is 10.9. The van der Waals surface area contributed by atoms with Crippen LogP contribution in [0.5, 0.6) is 5.75 Å². The van der Waals surface area contributed by atoms with E-state index in [0.29, 0.717) is 45.4 Å². The maximum atomic E-state index is 12.4. The van der Waals surface area contributed by atoms with Crippen molar-refractivity contribution < 1.29 is 67.5 Å². The van der Waals surface area contributed by atoms with Crippen LogP contribution < -0.4 is 58.2 Å². The number of carbonyl (C=O) groups excluding carboxylic acids is 5. The summed E-state index contributed by atoms with van der Waals surface area (Å²) in [5, 5.41) is 29.3. The summed E-state index contributed by atoms with van der Waals surface area (Å²) in [7, 11) is -1.00. The van der Waals surface area contributed by atoms with Crippen LogP contribution in [-0.4, -0.2) is 125 Å². The summed E-state index contributed by atoms with van der Waals surface area (Å²) in [6, 6.07) is 54.4. The number of carboxylic acids is 1. The van der Waals surface area contributed by atoms with E-state index >= 15 is 0 Å². The second kappa shape index (κ2) is 38.4. The molecule has 106 heavy (non-hydrogen) atoms. The number of phenols is 1. The van der Waals surface area contributed by atoms with Crippen molar-refractivity contribution in [2.75, 3.05) is 109 Å². The number of nitrogens with zero attached hydrogens (tertiary/aromatic N) is 4. The molecule has 25 heteroatoms. The highest BCUT2D eigenvalue weighted by Crippen LogP contribution is 2.30.